The number of fused-ring (bicyclic) bond motifs is 1. The molecule has 3 rings (SSSR count). The third-order valence-corrected chi connectivity index (χ3v) is 6.19. The van der Waals surface area contributed by atoms with Crippen molar-refractivity contribution in [3.63, 3.8) is 0 Å². The number of hydrogen-bond donors (Lipinski definition) is 1. The molecule has 27 heavy (non-hydrogen) atoms. The van der Waals surface area contributed by atoms with Gasteiger partial charge >= 0.3 is 0 Å². The van der Waals surface area contributed by atoms with Crippen LogP contribution < -0.4 is 5.73 Å². The van der Waals surface area contributed by atoms with Gasteiger partial charge in [0.1, 0.15) is 0 Å². The van der Waals surface area contributed by atoms with Gasteiger partial charge in [0.2, 0.25) is 0 Å². The summed E-state index contributed by atoms with van der Waals surface area (Å²) in [7, 11) is 0. The lowest BCUT2D eigenvalue weighted by molar-refractivity contribution is 0.208. The van der Waals surface area contributed by atoms with Crippen LogP contribution >= 0.6 is 11.3 Å². The van der Waals surface area contributed by atoms with Gasteiger partial charge < -0.3 is 5.73 Å². The number of aromatic nitrogens is 1. The number of nitrogens with zero attached hydrogens (tertiary/aromatic N) is 2. The van der Waals surface area contributed by atoms with Gasteiger partial charge in [-0.1, -0.05) is 55.5 Å². The average Bonchev–Trinajstić information content (AvgIpc) is 3.05. The van der Waals surface area contributed by atoms with Crippen LogP contribution in [0.25, 0.3) is 10.2 Å². The fourth-order valence-electron chi connectivity index (χ4n) is 3.84. The monoisotopic (exact) mass is 381 g/mol. The standard InChI is InChI=1S/C23H31N3S/c1-4-13-26(17(3)19-10-7-6-8-11-19)14-9-12-20-15-21-22(16-18(20)5-2)27-23(24)25-21/h6-8,10-11,15-17H,4-5,9,12-14H2,1-3H3,(H2,24,25). The van der Waals surface area contributed by atoms with Gasteiger partial charge in [-0.25, -0.2) is 4.98 Å². The first-order chi connectivity index (χ1) is 13.1. The van der Waals surface area contributed by atoms with Gasteiger partial charge in [-0.2, -0.15) is 0 Å². The summed E-state index contributed by atoms with van der Waals surface area (Å²) in [6.07, 6.45) is 4.50. The molecule has 0 radical (unpaired) electrons. The Bertz CT molecular complexity index is 857. The minimum absolute atomic E-state index is 0.456. The lowest BCUT2D eigenvalue weighted by Crippen LogP contribution is -2.29. The summed E-state index contributed by atoms with van der Waals surface area (Å²) in [5, 5.41) is 0.662. The van der Waals surface area contributed by atoms with Crippen molar-refractivity contribution in [2.45, 2.75) is 52.5 Å². The maximum Gasteiger partial charge on any atom is 0.181 e. The van der Waals surface area contributed by atoms with E-state index in [1.165, 1.54) is 27.8 Å². The van der Waals surface area contributed by atoms with Gasteiger partial charge in [0.15, 0.2) is 5.13 Å². The molecule has 0 saturated heterocycles. The van der Waals surface area contributed by atoms with Gasteiger partial charge in [-0.05, 0) is 74.5 Å². The van der Waals surface area contributed by atoms with Crippen LogP contribution in [0.5, 0.6) is 0 Å². The van der Waals surface area contributed by atoms with Gasteiger partial charge in [-0.15, -0.1) is 0 Å². The fourth-order valence-corrected chi connectivity index (χ4v) is 4.62. The van der Waals surface area contributed by atoms with Crippen molar-refractivity contribution in [1.29, 1.82) is 0 Å². The second-order valence-corrected chi connectivity index (χ2v) is 8.28. The Labute approximate surface area is 167 Å². The van der Waals surface area contributed by atoms with E-state index in [1.807, 2.05) is 0 Å². The summed E-state index contributed by atoms with van der Waals surface area (Å²) in [5.74, 6) is 0. The molecule has 2 aromatic carbocycles. The number of rotatable bonds is 9. The van der Waals surface area contributed by atoms with Gasteiger partial charge in [0.05, 0.1) is 10.2 Å². The minimum atomic E-state index is 0.456. The highest BCUT2D eigenvalue weighted by molar-refractivity contribution is 7.22. The summed E-state index contributed by atoms with van der Waals surface area (Å²) in [5.41, 5.74) is 11.2. The van der Waals surface area contributed by atoms with Gasteiger partial charge in [0, 0.05) is 6.04 Å². The van der Waals surface area contributed by atoms with Crippen molar-refractivity contribution in [2.75, 3.05) is 18.8 Å². The first-order valence-corrected chi connectivity index (χ1v) is 10.9. The maximum absolute atomic E-state index is 5.89. The van der Waals surface area contributed by atoms with Gasteiger partial charge in [-0.3, -0.25) is 4.90 Å². The molecule has 0 fully saturated rings. The van der Waals surface area contributed by atoms with Crippen molar-refractivity contribution >= 4 is 26.7 Å². The maximum atomic E-state index is 5.89. The number of benzene rings is 2. The van der Waals surface area contributed by atoms with Crippen LogP contribution in [0.15, 0.2) is 42.5 Å². The number of anilines is 1. The van der Waals surface area contributed by atoms with Crippen molar-refractivity contribution < 1.29 is 0 Å². The second kappa shape index (κ2) is 9.34. The topological polar surface area (TPSA) is 42.2 Å². The summed E-state index contributed by atoms with van der Waals surface area (Å²) in [6.45, 7) is 9.08. The molecule has 0 amide bonds. The van der Waals surface area contributed by atoms with E-state index in [1.54, 1.807) is 11.3 Å². The largest absolute Gasteiger partial charge is 0.375 e. The molecule has 0 saturated carbocycles. The van der Waals surface area contributed by atoms with Gasteiger partial charge in [0.25, 0.3) is 0 Å². The molecule has 0 aliphatic heterocycles. The van der Waals surface area contributed by atoms with Crippen LogP contribution in [0.3, 0.4) is 0 Å². The smallest absolute Gasteiger partial charge is 0.181 e. The lowest BCUT2D eigenvalue weighted by atomic mass is 9.99. The predicted octanol–water partition coefficient (Wildman–Crippen LogP) is 5.85. The molecule has 3 nitrogen and oxygen atoms in total. The van der Waals surface area contributed by atoms with Crippen LogP contribution in [-0.4, -0.2) is 23.0 Å². The molecule has 1 unspecified atom stereocenters. The Morgan fingerprint density at radius 2 is 1.85 bits per heavy atom. The Morgan fingerprint density at radius 3 is 2.56 bits per heavy atom. The van der Waals surface area contributed by atoms with Crippen LogP contribution in [0, 0.1) is 0 Å². The van der Waals surface area contributed by atoms with E-state index in [9.17, 15) is 0 Å². The molecule has 0 aliphatic carbocycles. The molecule has 0 bridgehead atoms. The zero-order valence-corrected chi connectivity index (χ0v) is 17.6. The Morgan fingerprint density at radius 1 is 1.07 bits per heavy atom. The number of nitrogen functional groups attached to an aromatic ring is 1. The number of hydrogen-bond acceptors (Lipinski definition) is 4. The lowest BCUT2D eigenvalue weighted by Gasteiger charge is -2.29. The van der Waals surface area contributed by atoms with Crippen LogP contribution in [0.1, 0.15) is 56.3 Å². The third kappa shape index (κ3) is 4.88. The molecule has 1 atom stereocenters. The molecule has 144 valence electrons. The summed E-state index contributed by atoms with van der Waals surface area (Å²) in [4.78, 5) is 7.09. The van der Waals surface area contributed by atoms with Crippen molar-refractivity contribution in [2.24, 2.45) is 0 Å². The predicted molar refractivity (Wildman–Crippen MR) is 118 cm³/mol. The Balaban J connectivity index is 1.68. The highest BCUT2D eigenvalue weighted by Crippen LogP contribution is 2.28. The molecular formula is C23H31N3S. The first kappa shape index (κ1) is 19.8. The second-order valence-electron chi connectivity index (χ2n) is 7.22. The van der Waals surface area contributed by atoms with E-state index >= 15 is 0 Å². The summed E-state index contributed by atoms with van der Waals surface area (Å²) in [6, 6.07) is 15.8. The normalized spacial score (nSPS) is 12.7. The van der Waals surface area contributed by atoms with E-state index in [4.69, 9.17) is 5.73 Å². The van der Waals surface area contributed by atoms with Crippen molar-refractivity contribution in [3.05, 3.63) is 59.2 Å². The molecule has 4 heteroatoms. The number of nitrogens with two attached hydrogens (primary N) is 1. The number of thiazole rings is 1. The molecule has 0 aliphatic rings. The van der Waals surface area contributed by atoms with E-state index in [0.717, 1.165) is 37.9 Å². The summed E-state index contributed by atoms with van der Waals surface area (Å²) < 4.78 is 1.21. The Kier molecular flexibility index (Phi) is 6.86. The van der Waals surface area contributed by atoms with Crippen LogP contribution in [-0.2, 0) is 12.8 Å². The van der Waals surface area contributed by atoms with Crippen molar-refractivity contribution in [3.8, 4) is 0 Å². The minimum Gasteiger partial charge on any atom is -0.375 e. The van der Waals surface area contributed by atoms with E-state index in [2.05, 4.69) is 73.1 Å². The number of aryl methyl sites for hydroxylation is 2. The zero-order chi connectivity index (χ0) is 19.2. The van der Waals surface area contributed by atoms with E-state index < -0.39 is 0 Å². The highest BCUT2D eigenvalue weighted by atomic mass is 32.1. The highest BCUT2D eigenvalue weighted by Gasteiger charge is 2.15. The van der Waals surface area contributed by atoms with Crippen LogP contribution in [0.2, 0.25) is 0 Å². The zero-order valence-electron chi connectivity index (χ0n) is 16.7. The van der Waals surface area contributed by atoms with E-state index in [0.29, 0.717) is 11.2 Å². The van der Waals surface area contributed by atoms with E-state index in [-0.39, 0.29) is 0 Å². The fraction of sp³-hybridized carbons (Fsp3) is 0.435. The summed E-state index contributed by atoms with van der Waals surface area (Å²) >= 11 is 1.59. The Hall–Kier alpha value is -1.91. The average molecular weight is 382 g/mol. The quantitative estimate of drug-likeness (QED) is 0.506. The van der Waals surface area contributed by atoms with Crippen LogP contribution in [0.4, 0.5) is 5.13 Å². The molecule has 2 N–H and O–H groups in total. The SMILES string of the molecule is CCCN(CCCc1cc2nc(N)sc2cc1CC)C(C)c1ccccc1. The molecule has 3 aromatic rings. The first-order valence-electron chi connectivity index (χ1n) is 10.1. The van der Waals surface area contributed by atoms with Crippen molar-refractivity contribution in [1.82, 2.24) is 9.88 Å². The molecule has 1 aromatic heterocycles. The molecule has 0 spiro atoms. The molecule has 1 heterocycles. The molecular weight excluding hydrogens is 350 g/mol. The third-order valence-electron chi connectivity index (χ3n) is 5.34.